The van der Waals surface area contributed by atoms with Crippen LogP contribution in [0.3, 0.4) is 0 Å². The average molecular weight is 298 g/mol. The molecule has 1 atom stereocenters. The van der Waals surface area contributed by atoms with Gasteiger partial charge in [0.25, 0.3) is 0 Å². The monoisotopic (exact) mass is 298 g/mol. The number of methoxy groups -OCH3 is 1. The van der Waals surface area contributed by atoms with Crippen LogP contribution >= 0.6 is 0 Å². The van der Waals surface area contributed by atoms with E-state index in [2.05, 4.69) is 13.8 Å². The first-order chi connectivity index (χ1) is 10.3. The Kier molecular flexibility index (Phi) is 3.47. The van der Waals surface area contributed by atoms with E-state index in [0.717, 1.165) is 28.9 Å². The molecule has 0 unspecified atom stereocenters. The summed E-state index contributed by atoms with van der Waals surface area (Å²) in [5.41, 5.74) is 3.27. The van der Waals surface area contributed by atoms with E-state index in [-0.39, 0.29) is 22.9 Å². The van der Waals surface area contributed by atoms with Crippen molar-refractivity contribution in [1.82, 2.24) is 0 Å². The number of rotatable bonds is 1. The molecule has 0 bridgehead atoms. The second-order valence-corrected chi connectivity index (χ2v) is 7.10. The topological polar surface area (TPSA) is 43.4 Å². The quantitative estimate of drug-likeness (QED) is 0.787. The zero-order valence-electron chi connectivity index (χ0n) is 13.7. The molecule has 1 aromatic rings. The van der Waals surface area contributed by atoms with Crippen molar-refractivity contribution in [2.45, 2.75) is 40.0 Å². The Labute approximate surface area is 131 Å². The van der Waals surface area contributed by atoms with Gasteiger partial charge in [0.2, 0.25) is 0 Å². The normalized spacial score (nSPS) is 23.3. The van der Waals surface area contributed by atoms with E-state index in [9.17, 15) is 9.59 Å². The third kappa shape index (κ3) is 2.29. The zero-order chi connectivity index (χ0) is 16.1. The van der Waals surface area contributed by atoms with Crippen LogP contribution in [-0.4, -0.2) is 18.7 Å². The number of aryl methyl sites for hydroxylation is 1. The van der Waals surface area contributed by atoms with Gasteiger partial charge >= 0.3 is 0 Å². The van der Waals surface area contributed by atoms with Gasteiger partial charge < -0.3 is 4.74 Å². The first-order valence-corrected chi connectivity index (χ1v) is 7.80. The zero-order valence-corrected chi connectivity index (χ0v) is 13.7. The Morgan fingerprint density at radius 3 is 2.59 bits per heavy atom. The van der Waals surface area contributed by atoms with E-state index in [1.54, 1.807) is 7.11 Å². The molecule has 3 nitrogen and oxygen atoms in total. The van der Waals surface area contributed by atoms with E-state index < -0.39 is 0 Å². The van der Waals surface area contributed by atoms with Crippen LogP contribution in [0.1, 0.15) is 54.6 Å². The average Bonchev–Trinajstić information content (AvgIpc) is 2.61. The number of hydrogen-bond donors (Lipinski definition) is 0. The summed E-state index contributed by atoms with van der Waals surface area (Å²) >= 11 is 0. The lowest BCUT2D eigenvalue weighted by atomic mass is 9.64. The third-order valence-electron chi connectivity index (χ3n) is 5.21. The van der Waals surface area contributed by atoms with Crippen molar-refractivity contribution in [3.05, 3.63) is 34.4 Å². The molecular formula is C19H22O3. The van der Waals surface area contributed by atoms with Crippen molar-refractivity contribution in [3.8, 4) is 5.75 Å². The standard InChI is InChI=1S/C19H22O3/c1-11-7-13-12(9-18(11)22-4)8-14-15(10-17(13)21)19(2,3)6-5-16(14)20/h7-9,15H,5-6,10H2,1-4H3/t15-/m0/s1. The number of ketones is 2. The lowest BCUT2D eigenvalue weighted by Gasteiger charge is -2.38. The Morgan fingerprint density at radius 1 is 1.18 bits per heavy atom. The first-order valence-electron chi connectivity index (χ1n) is 7.80. The fourth-order valence-corrected chi connectivity index (χ4v) is 3.68. The molecule has 0 amide bonds. The van der Waals surface area contributed by atoms with Gasteiger partial charge in [-0.25, -0.2) is 0 Å². The van der Waals surface area contributed by atoms with Crippen LogP contribution in [0.2, 0.25) is 0 Å². The molecule has 116 valence electrons. The van der Waals surface area contributed by atoms with Crippen molar-refractivity contribution in [1.29, 1.82) is 0 Å². The summed E-state index contributed by atoms with van der Waals surface area (Å²) in [6.07, 6.45) is 3.76. The highest BCUT2D eigenvalue weighted by Crippen LogP contribution is 2.47. The van der Waals surface area contributed by atoms with Crippen LogP contribution in [0.15, 0.2) is 17.7 Å². The predicted octanol–water partition coefficient (Wildman–Crippen LogP) is 3.98. The lowest BCUT2D eigenvalue weighted by Crippen LogP contribution is -2.35. The Balaban J connectivity index is 2.19. The number of fused-ring (bicyclic) bond motifs is 2. The predicted molar refractivity (Wildman–Crippen MR) is 86.2 cm³/mol. The number of carbonyl (C=O) groups excluding carboxylic acids is 2. The van der Waals surface area contributed by atoms with Gasteiger partial charge in [-0.05, 0) is 59.6 Å². The van der Waals surface area contributed by atoms with Crippen LogP contribution in [0.4, 0.5) is 0 Å². The minimum Gasteiger partial charge on any atom is -0.496 e. The van der Waals surface area contributed by atoms with Crippen molar-refractivity contribution >= 4 is 17.6 Å². The molecule has 1 aromatic carbocycles. The number of benzene rings is 1. The Morgan fingerprint density at radius 2 is 1.91 bits per heavy atom. The molecule has 0 saturated heterocycles. The second-order valence-electron chi connectivity index (χ2n) is 7.10. The van der Waals surface area contributed by atoms with Gasteiger partial charge in [-0.15, -0.1) is 0 Å². The Hall–Kier alpha value is -1.90. The van der Waals surface area contributed by atoms with Gasteiger partial charge in [0.15, 0.2) is 11.6 Å². The molecule has 0 aromatic heterocycles. The van der Waals surface area contributed by atoms with Crippen molar-refractivity contribution in [2.75, 3.05) is 7.11 Å². The van der Waals surface area contributed by atoms with Gasteiger partial charge in [-0.2, -0.15) is 0 Å². The Bertz CT molecular complexity index is 695. The molecule has 1 fully saturated rings. The molecule has 3 rings (SSSR count). The van der Waals surface area contributed by atoms with E-state index in [4.69, 9.17) is 4.74 Å². The lowest BCUT2D eigenvalue weighted by molar-refractivity contribution is -0.118. The molecule has 2 aliphatic rings. The van der Waals surface area contributed by atoms with E-state index in [1.807, 2.05) is 25.1 Å². The summed E-state index contributed by atoms with van der Waals surface area (Å²) in [4.78, 5) is 25.1. The van der Waals surface area contributed by atoms with Gasteiger partial charge in [0, 0.05) is 18.4 Å². The summed E-state index contributed by atoms with van der Waals surface area (Å²) in [5, 5.41) is 0. The molecule has 22 heavy (non-hydrogen) atoms. The summed E-state index contributed by atoms with van der Waals surface area (Å²) in [5.74, 6) is 1.08. The summed E-state index contributed by atoms with van der Waals surface area (Å²) in [6.45, 7) is 6.26. The molecule has 0 aliphatic heterocycles. The van der Waals surface area contributed by atoms with Crippen LogP contribution in [0.5, 0.6) is 5.75 Å². The fourth-order valence-electron chi connectivity index (χ4n) is 3.68. The fraction of sp³-hybridized carbons (Fsp3) is 0.474. The van der Waals surface area contributed by atoms with Crippen molar-refractivity contribution < 1.29 is 14.3 Å². The summed E-state index contributed by atoms with van der Waals surface area (Å²) in [7, 11) is 1.62. The number of ether oxygens (including phenoxy) is 1. The molecule has 0 radical (unpaired) electrons. The highest BCUT2D eigenvalue weighted by Gasteiger charge is 2.42. The van der Waals surface area contributed by atoms with Gasteiger partial charge in [-0.1, -0.05) is 13.8 Å². The molecule has 0 spiro atoms. The molecule has 2 aliphatic carbocycles. The first kappa shape index (κ1) is 15.0. The number of hydrogen-bond acceptors (Lipinski definition) is 3. The maximum Gasteiger partial charge on any atom is 0.164 e. The van der Waals surface area contributed by atoms with Crippen molar-refractivity contribution in [3.63, 3.8) is 0 Å². The van der Waals surface area contributed by atoms with Gasteiger partial charge in [-0.3, -0.25) is 9.59 Å². The molecule has 0 N–H and O–H groups in total. The van der Waals surface area contributed by atoms with Crippen LogP contribution in [0.25, 0.3) is 6.08 Å². The number of allylic oxidation sites excluding steroid dienone is 1. The molecule has 1 saturated carbocycles. The van der Waals surface area contributed by atoms with E-state index >= 15 is 0 Å². The minimum absolute atomic E-state index is 0.0138. The minimum atomic E-state index is -0.0173. The molecule has 3 heteroatoms. The second kappa shape index (κ2) is 5.08. The third-order valence-corrected chi connectivity index (χ3v) is 5.21. The molecular weight excluding hydrogens is 276 g/mol. The highest BCUT2D eigenvalue weighted by molar-refractivity contribution is 6.08. The largest absolute Gasteiger partial charge is 0.496 e. The van der Waals surface area contributed by atoms with Gasteiger partial charge in [0.1, 0.15) is 5.75 Å². The maximum absolute atomic E-state index is 12.7. The summed E-state index contributed by atoms with van der Waals surface area (Å²) in [6, 6.07) is 3.77. The van der Waals surface area contributed by atoms with Crippen LogP contribution in [0, 0.1) is 18.3 Å². The smallest absolute Gasteiger partial charge is 0.164 e. The molecule has 0 heterocycles. The van der Waals surface area contributed by atoms with E-state index in [1.165, 1.54) is 0 Å². The highest BCUT2D eigenvalue weighted by atomic mass is 16.5. The number of carbonyl (C=O) groups is 2. The summed E-state index contributed by atoms with van der Waals surface area (Å²) < 4.78 is 5.37. The van der Waals surface area contributed by atoms with Crippen LogP contribution < -0.4 is 4.74 Å². The van der Waals surface area contributed by atoms with Gasteiger partial charge in [0.05, 0.1) is 7.11 Å². The maximum atomic E-state index is 12.7. The number of Topliss-reactive ketones (excluding diaryl/α,β-unsaturated/α-hetero) is 2. The van der Waals surface area contributed by atoms with Crippen molar-refractivity contribution in [2.24, 2.45) is 11.3 Å². The van der Waals surface area contributed by atoms with E-state index in [0.29, 0.717) is 18.4 Å². The SMILES string of the molecule is COc1cc2c(cc1C)C(=O)C[C@H]1C(=C2)C(=O)CCC1(C)C. The van der Waals surface area contributed by atoms with Crippen LogP contribution in [-0.2, 0) is 4.79 Å².